The Balaban J connectivity index is 2.60. The molecule has 0 aliphatic rings. The van der Waals surface area contributed by atoms with Crippen molar-refractivity contribution in [1.82, 2.24) is 10.0 Å². The fourth-order valence-electron chi connectivity index (χ4n) is 1.88. The smallest absolute Gasteiger partial charge is 0.244 e. The van der Waals surface area contributed by atoms with Crippen LogP contribution in [-0.4, -0.2) is 20.4 Å². The van der Waals surface area contributed by atoms with Crippen LogP contribution < -0.4 is 10.0 Å². The average Bonchev–Trinajstić information content (AvgIpc) is 2.35. The van der Waals surface area contributed by atoms with E-state index in [4.69, 9.17) is 0 Å². The highest BCUT2D eigenvalue weighted by molar-refractivity contribution is 7.88. The minimum absolute atomic E-state index is 0.0460. The van der Waals surface area contributed by atoms with Gasteiger partial charge in [-0.05, 0) is 38.8 Å². The van der Waals surface area contributed by atoms with Gasteiger partial charge in [0.15, 0.2) is 0 Å². The van der Waals surface area contributed by atoms with Crippen molar-refractivity contribution in [2.24, 2.45) is 0 Å². The van der Waals surface area contributed by atoms with Crippen LogP contribution in [0.4, 0.5) is 0 Å². The predicted molar refractivity (Wildman–Crippen MR) is 88.6 cm³/mol. The van der Waals surface area contributed by atoms with Gasteiger partial charge in [0.25, 0.3) is 0 Å². The Hall–Kier alpha value is -1.66. The van der Waals surface area contributed by atoms with Crippen molar-refractivity contribution in [3.8, 4) is 0 Å². The molecule has 0 heterocycles. The van der Waals surface area contributed by atoms with Gasteiger partial charge in [-0.3, -0.25) is 4.79 Å². The number of carbonyl (C=O) groups is 1. The highest BCUT2D eigenvalue weighted by atomic mass is 32.2. The molecule has 0 aliphatic carbocycles. The molecule has 1 amide bonds. The first-order valence-corrected chi connectivity index (χ1v) is 8.84. The van der Waals surface area contributed by atoms with E-state index in [1.165, 1.54) is 0 Å². The number of sulfonamides is 1. The number of nitrogens with one attached hydrogen (secondary N) is 2. The first kappa shape index (κ1) is 18.4. The van der Waals surface area contributed by atoms with Gasteiger partial charge >= 0.3 is 0 Å². The fourth-order valence-corrected chi connectivity index (χ4v) is 3.31. The van der Waals surface area contributed by atoms with Crippen molar-refractivity contribution in [3.05, 3.63) is 47.0 Å². The molecular formula is C16H24N2O3S. The van der Waals surface area contributed by atoms with Crippen molar-refractivity contribution in [3.63, 3.8) is 0 Å². The maximum atomic E-state index is 11.8. The van der Waals surface area contributed by atoms with Gasteiger partial charge in [-0.1, -0.05) is 29.8 Å². The molecule has 0 aliphatic heterocycles. The maximum absolute atomic E-state index is 11.8. The predicted octanol–water partition coefficient (Wildman–Crippen LogP) is 2.10. The van der Waals surface area contributed by atoms with Crippen molar-refractivity contribution in [2.45, 2.75) is 46.0 Å². The topological polar surface area (TPSA) is 75.3 Å². The normalized spacial score (nSPS) is 11.3. The minimum atomic E-state index is -3.31. The van der Waals surface area contributed by atoms with Crippen molar-refractivity contribution < 1.29 is 13.2 Å². The highest BCUT2D eigenvalue weighted by Gasteiger charge is 2.12. The fraction of sp³-hybridized carbons (Fsp3) is 0.438. The van der Waals surface area contributed by atoms with E-state index in [0.29, 0.717) is 12.1 Å². The molecule has 1 aromatic carbocycles. The zero-order chi connectivity index (χ0) is 16.8. The molecule has 2 N–H and O–H groups in total. The van der Waals surface area contributed by atoms with Gasteiger partial charge in [0.2, 0.25) is 15.9 Å². The average molecular weight is 324 g/mol. The Bertz CT molecular complexity index is 628. The Morgan fingerprint density at radius 1 is 1.14 bits per heavy atom. The molecule has 0 aromatic heterocycles. The van der Waals surface area contributed by atoms with Crippen LogP contribution in [0, 0.1) is 0 Å². The number of carbonyl (C=O) groups excluding carboxylic acids is 1. The van der Waals surface area contributed by atoms with E-state index >= 15 is 0 Å². The summed E-state index contributed by atoms with van der Waals surface area (Å²) in [6, 6.07) is 7.06. The molecule has 22 heavy (non-hydrogen) atoms. The summed E-state index contributed by atoms with van der Waals surface area (Å²) in [6.07, 6.45) is 1.54. The van der Waals surface area contributed by atoms with Crippen molar-refractivity contribution >= 4 is 15.9 Å². The summed E-state index contributed by atoms with van der Waals surface area (Å²) >= 11 is 0. The third-order valence-corrected chi connectivity index (χ3v) is 4.23. The lowest BCUT2D eigenvalue weighted by Gasteiger charge is -2.10. The van der Waals surface area contributed by atoms with Crippen molar-refractivity contribution in [2.75, 3.05) is 0 Å². The summed E-state index contributed by atoms with van der Waals surface area (Å²) in [5.74, 6) is -0.178. The lowest BCUT2D eigenvalue weighted by Crippen LogP contribution is -2.31. The first-order valence-electron chi connectivity index (χ1n) is 7.18. The molecule has 1 rings (SSSR count). The van der Waals surface area contributed by atoms with Crippen LogP contribution in [0.25, 0.3) is 0 Å². The lowest BCUT2D eigenvalue weighted by atomic mass is 10.1. The Labute approximate surface area is 132 Å². The molecule has 0 radical (unpaired) electrons. The second kappa shape index (κ2) is 8.10. The van der Waals surface area contributed by atoms with Crippen LogP contribution >= 0.6 is 0 Å². The Morgan fingerprint density at radius 2 is 1.68 bits per heavy atom. The molecule has 6 heteroatoms. The monoisotopic (exact) mass is 324 g/mol. The molecule has 0 saturated carbocycles. The molecule has 0 spiro atoms. The standard InChI is InChI=1S/C16H24N2O3S/c1-12(2)9-16(19)17-10-14-5-7-15(8-6-14)11-22(20,21)18-13(3)4/h5-9,13,18H,10-11H2,1-4H3,(H,17,19). The molecule has 1 aromatic rings. The second-order valence-electron chi connectivity index (χ2n) is 5.79. The lowest BCUT2D eigenvalue weighted by molar-refractivity contribution is -0.116. The second-order valence-corrected chi connectivity index (χ2v) is 7.54. The van der Waals surface area contributed by atoms with Gasteiger partial charge in [0.1, 0.15) is 0 Å². The van der Waals surface area contributed by atoms with Gasteiger partial charge in [0.05, 0.1) is 5.75 Å². The molecular weight excluding hydrogens is 300 g/mol. The largest absolute Gasteiger partial charge is 0.348 e. The highest BCUT2D eigenvalue weighted by Crippen LogP contribution is 2.08. The van der Waals surface area contributed by atoms with Gasteiger partial charge in [-0.15, -0.1) is 0 Å². The van der Waals surface area contributed by atoms with Crippen LogP contribution in [0.1, 0.15) is 38.8 Å². The van der Waals surface area contributed by atoms with E-state index in [9.17, 15) is 13.2 Å². The van der Waals surface area contributed by atoms with E-state index in [0.717, 1.165) is 11.1 Å². The van der Waals surface area contributed by atoms with Crippen LogP contribution in [0.5, 0.6) is 0 Å². The zero-order valence-corrected chi connectivity index (χ0v) is 14.3. The minimum Gasteiger partial charge on any atom is -0.348 e. The van der Waals surface area contributed by atoms with E-state index in [2.05, 4.69) is 10.0 Å². The number of rotatable bonds is 7. The number of benzene rings is 1. The quantitative estimate of drug-likeness (QED) is 0.754. The number of amides is 1. The number of hydrogen-bond acceptors (Lipinski definition) is 3. The summed E-state index contributed by atoms with van der Waals surface area (Å²) < 4.78 is 26.2. The van der Waals surface area contributed by atoms with E-state index in [-0.39, 0.29) is 17.7 Å². The third-order valence-electron chi connectivity index (χ3n) is 2.68. The number of allylic oxidation sites excluding steroid dienone is 1. The summed E-state index contributed by atoms with van der Waals surface area (Å²) in [5.41, 5.74) is 2.58. The molecule has 0 fully saturated rings. The number of hydrogen-bond donors (Lipinski definition) is 2. The van der Waals surface area contributed by atoms with E-state index in [1.54, 1.807) is 32.1 Å². The van der Waals surface area contributed by atoms with Gasteiger partial charge < -0.3 is 5.32 Å². The Morgan fingerprint density at radius 3 is 2.18 bits per heavy atom. The van der Waals surface area contributed by atoms with Crippen molar-refractivity contribution in [1.29, 1.82) is 0 Å². The molecule has 0 atom stereocenters. The zero-order valence-electron chi connectivity index (χ0n) is 13.5. The molecule has 0 saturated heterocycles. The summed E-state index contributed by atoms with van der Waals surface area (Å²) in [5, 5.41) is 2.78. The van der Waals surface area contributed by atoms with Crippen LogP contribution in [0.2, 0.25) is 0 Å². The molecule has 122 valence electrons. The van der Waals surface area contributed by atoms with Crippen LogP contribution in [0.15, 0.2) is 35.9 Å². The van der Waals surface area contributed by atoms with Gasteiger partial charge in [-0.25, -0.2) is 13.1 Å². The SMILES string of the molecule is CC(C)=CC(=O)NCc1ccc(CS(=O)(=O)NC(C)C)cc1. The van der Waals surface area contributed by atoms with Crippen LogP contribution in [0.3, 0.4) is 0 Å². The molecule has 5 nitrogen and oxygen atoms in total. The Kier molecular flexibility index (Phi) is 6.77. The van der Waals surface area contributed by atoms with E-state index in [1.807, 2.05) is 26.0 Å². The van der Waals surface area contributed by atoms with Gasteiger partial charge in [0, 0.05) is 18.7 Å². The summed E-state index contributed by atoms with van der Waals surface area (Å²) in [6.45, 7) is 7.71. The first-order chi connectivity index (χ1) is 10.2. The maximum Gasteiger partial charge on any atom is 0.244 e. The van der Waals surface area contributed by atoms with Crippen LogP contribution in [-0.2, 0) is 27.1 Å². The summed E-state index contributed by atoms with van der Waals surface area (Å²) in [7, 11) is -3.31. The molecule has 0 bridgehead atoms. The molecule has 0 unspecified atom stereocenters. The van der Waals surface area contributed by atoms with E-state index < -0.39 is 10.0 Å². The summed E-state index contributed by atoms with van der Waals surface area (Å²) in [4.78, 5) is 11.5. The van der Waals surface area contributed by atoms with Gasteiger partial charge in [-0.2, -0.15) is 0 Å². The third kappa shape index (κ3) is 7.38.